The molecule has 0 aromatic rings. The topological polar surface area (TPSA) is 21.3 Å². The average Bonchev–Trinajstić information content (AvgIpc) is 2.24. The Morgan fingerprint density at radius 1 is 1.21 bits per heavy atom. The summed E-state index contributed by atoms with van der Waals surface area (Å²) in [5, 5.41) is 3.18. The first kappa shape index (κ1) is 14.1. The summed E-state index contributed by atoms with van der Waals surface area (Å²) in [5.74, 6) is 0. The number of nitrogens with one attached hydrogen (secondary N) is 1. The van der Waals surface area contributed by atoms with Gasteiger partial charge in [-0.2, -0.15) is 0 Å². The average molecular weight is 217 g/mol. The summed E-state index contributed by atoms with van der Waals surface area (Å²) in [6.45, 7) is 8.94. The van der Waals surface area contributed by atoms with Gasteiger partial charge in [-0.3, -0.25) is 5.32 Å². The molecular weight excluding hydrogens is 190 g/mol. The smallest absolute Gasteiger partial charge is 0.194 e. The van der Waals surface area contributed by atoms with Crippen molar-refractivity contribution in [3.63, 3.8) is 0 Å². The van der Waals surface area contributed by atoms with Crippen LogP contribution in [0.4, 0.5) is 0 Å². The molecule has 0 bridgehead atoms. The summed E-state index contributed by atoms with van der Waals surface area (Å²) >= 11 is 0. The minimum Gasteiger partial charge on any atom is -0.402 e. The van der Waals surface area contributed by atoms with Crippen LogP contribution in [0.2, 0.25) is 18.1 Å². The molecule has 1 atom stereocenters. The van der Waals surface area contributed by atoms with Crippen LogP contribution in [-0.4, -0.2) is 21.6 Å². The second-order valence-electron chi connectivity index (χ2n) is 4.04. The minimum atomic E-state index is -1.41. The Hall–Kier alpha value is 0.137. The molecule has 0 heterocycles. The predicted octanol–water partition coefficient (Wildman–Crippen LogP) is 3.35. The van der Waals surface area contributed by atoms with E-state index in [0.717, 1.165) is 0 Å². The molecule has 0 spiro atoms. The molecule has 0 fully saturated rings. The summed E-state index contributed by atoms with van der Waals surface area (Å²) in [5.41, 5.74) is 0. The van der Waals surface area contributed by atoms with Crippen molar-refractivity contribution in [3.8, 4) is 0 Å². The lowest BCUT2D eigenvalue weighted by Crippen LogP contribution is -2.43. The highest BCUT2D eigenvalue weighted by Crippen LogP contribution is 2.25. The Balaban J connectivity index is 4.20. The molecule has 0 aliphatic heterocycles. The van der Waals surface area contributed by atoms with E-state index in [1.54, 1.807) is 0 Å². The van der Waals surface area contributed by atoms with Crippen LogP contribution in [0.25, 0.3) is 0 Å². The van der Waals surface area contributed by atoms with Crippen LogP contribution in [0, 0.1) is 0 Å². The Kier molecular flexibility index (Phi) is 7.50. The fourth-order valence-corrected chi connectivity index (χ4v) is 5.29. The number of rotatable bonds is 8. The largest absolute Gasteiger partial charge is 0.402 e. The molecule has 0 rings (SSSR count). The van der Waals surface area contributed by atoms with Crippen LogP contribution in [0.3, 0.4) is 0 Å². The molecule has 0 saturated heterocycles. The maximum Gasteiger partial charge on any atom is 0.194 e. The first-order valence-corrected chi connectivity index (χ1v) is 8.52. The number of hydrogen-bond donors (Lipinski definition) is 1. The van der Waals surface area contributed by atoms with Crippen LogP contribution in [0.15, 0.2) is 0 Å². The van der Waals surface area contributed by atoms with Gasteiger partial charge in [0.1, 0.15) is 0 Å². The molecule has 3 heteroatoms. The normalized spacial score (nSPS) is 14.4. The third-order valence-corrected chi connectivity index (χ3v) is 7.80. The lowest BCUT2D eigenvalue weighted by Gasteiger charge is -2.32. The standard InChI is InChI=1S/C11H27NOSi/c1-6-9-10-14(7-2,8-3)13-11(4)12-5/h11-12H,6-10H2,1-5H3. The Morgan fingerprint density at radius 2 is 1.79 bits per heavy atom. The summed E-state index contributed by atoms with van der Waals surface area (Å²) in [6.07, 6.45) is 2.83. The van der Waals surface area contributed by atoms with E-state index in [0.29, 0.717) is 0 Å². The Morgan fingerprint density at radius 3 is 2.14 bits per heavy atom. The second kappa shape index (κ2) is 7.43. The van der Waals surface area contributed by atoms with Crippen molar-refractivity contribution in [2.75, 3.05) is 7.05 Å². The van der Waals surface area contributed by atoms with Gasteiger partial charge in [0.25, 0.3) is 0 Å². The van der Waals surface area contributed by atoms with Crippen LogP contribution in [-0.2, 0) is 4.43 Å². The molecule has 86 valence electrons. The first-order chi connectivity index (χ1) is 6.64. The van der Waals surface area contributed by atoms with Gasteiger partial charge < -0.3 is 4.43 Å². The fraction of sp³-hybridized carbons (Fsp3) is 1.00. The highest BCUT2D eigenvalue weighted by atomic mass is 28.4. The molecule has 0 amide bonds. The highest BCUT2D eigenvalue weighted by molar-refractivity contribution is 6.73. The van der Waals surface area contributed by atoms with Crippen molar-refractivity contribution in [1.29, 1.82) is 0 Å². The van der Waals surface area contributed by atoms with E-state index in [1.807, 2.05) is 7.05 Å². The van der Waals surface area contributed by atoms with Crippen molar-refractivity contribution in [2.45, 2.75) is 64.9 Å². The second-order valence-corrected chi connectivity index (χ2v) is 8.56. The van der Waals surface area contributed by atoms with Gasteiger partial charge in [0.2, 0.25) is 0 Å². The summed E-state index contributed by atoms with van der Waals surface area (Å²) in [7, 11) is 0.556. The van der Waals surface area contributed by atoms with Crippen LogP contribution in [0.1, 0.15) is 40.5 Å². The van der Waals surface area contributed by atoms with Crippen LogP contribution >= 0.6 is 0 Å². The maximum atomic E-state index is 6.22. The molecular formula is C11H27NOSi. The number of hydrogen-bond acceptors (Lipinski definition) is 2. The van der Waals surface area contributed by atoms with Crippen molar-refractivity contribution < 1.29 is 4.43 Å². The van der Waals surface area contributed by atoms with E-state index in [4.69, 9.17) is 4.43 Å². The number of unbranched alkanes of at least 4 members (excludes halogenated alkanes) is 1. The Labute approximate surface area is 90.6 Å². The summed E-state index contributed by atoms with van der Waals surface area (Å²) in [6, 6.07) is 3.81. The van der Waals surface area contributed by atoms with Crippen LogP contribution < -0.4 is 5.32 Å². The lowest BCUT2D eigenvalue weighted by molar-refractivity contribution is 0.177. The fourth-order valence-electron chi connectivity index (χ4n) is 1.76. The van der Waals surface area contributed by atoms with E-state index in [9.17, 15) is 0 Å². The van der Waals surface area contributed by atoms with Gasteiger partial charge in [-0.25, -0.2) is 0 Å². The minimum absolute atomic E-state index is 0.221. The van der Waals surface area contributed by atoms with Gasteiger partial charge in [0.05, 0.1) is 6.23 Å². The van der Waals surface area contributed by atoms with Gasteiger partial charge in [-0.05, 0) is 32.1 Å². The molecule has 0 aliphatic rings. The quantitative estimate of drug-likeness (QED) is 0.497. The van der Waals surface area contributed by atoms with E-state index in [2.05, 4.69) is 33.0 Å². The molecule has 0 radical (unpaired) electrons. The van der Waals surface area contributed by atoms with Gasteiger partial charge in [-0.15, -0.1) is 0 Å². The maximum absolute atomic E-state index is 6.22. The molecule has 1 N–H and O–H groups in total. The monoisotopic (exact) mass is 217 g/mol. The van der Waals surface area contributed by atoms with Crippen LogP contribution in [0.5, 0.6) is 0 Å². The zero-order valence-corrected chi connectivity index (χ0v) is 11.5. The van der Waals surface area contributed by atoms with Gasteiger partial charge in [-0.1, -0.05) is 33.6 Å². The SMILES string of the molecule is CCCC[Si](CC)(CC)OC(C)NC. The molecule has 0 aliphatic carbocycles. The van der Waals surface area contributed by atoms with Crippen molar-refractivity contribution >= 4 is 8.32 Å². The molecule has 1 unspecified atom stereocenters. The zero-order valence-electron chi connectivity index (χ0n) is 10.5. The highest BCUT2D eigenvalue weighted by Gasteiger charge is 2.31. The van der Waals surface area contributed by atoms with Gasteiger partial charge >= 0.3 is 0 Å². The van der Waals surface area contributed by atoms with E-state index in [1.165, 1.54) is 31.0 Å². The van der Waals surface area contributed by atoms with Crippen molar-refractivity contribution in [1.82, 2.24) is 5.32 Å². The van der Waals surface area contributed by atoms with E-state index >= 15 is 0 Å². The molecule has 0 aromatic heterocycles. The molecule has 14 heavy (non-hydrogen) atoms. The summed E-state index contributed by atoms with van der Waals surface area (Å²) in [4.78, 5) is 0. The van der Waals surface area contributed by atoms with E-state index in [-0.39, 0.29) is 6.23 Å². The lowest BCUT2D eigenvalue weighted by atomic mass is 10.4. The molecule has 2 nitrogen and oxygen atoms in total. The predicted molar refractivity (Wildman–Crippen MR) is 66.0 cm³/mol. The van der Waals surface area contributed by atoms with Crippen molar-refractivity contribution in [2.24, 2.45) is 0 Å². The Bertz CT molecular complexity index is 137. The zero-order chi connectivity index (χ0) is 11.0. The van der Waals surface area contributed by atoms with Gasteiger partial charge in [0.15, 0.2) is 8.32 Å². The third-order valence-electron chi connectivity index (χ3n) is 3.11. The molecule has 0 saturated carbocycles. The summed E-state index contributed by atoms with van der Waals surface area (Å²) < 4.78 is 6.22. The van der Waals surface area contributed by atoms with Gasteiger partial charge in [0, 0.05) is 0 Å². The van der Waals surface area contributed by atoms with Crippen molar-refractivity contribution in [3.05, 3.63) is 0 Å². The third kappa shape index (κ3) is 4.58. The first-order valence-electron chi connectivity index (χ1n) is 5.99. The molecule has 0 aromatic carbocycles. The van der Waals surface area contributed by atoms with E-state index < -0.39 is 8.32 Å².